The molecule has 114 valence electrons. The standard InChI is InChI=1S/C20H24N2/c1-21-13-14-22-12-6-11-20-18-9-4-2-7-16(18)15-17-8-3-5-10-19(17)20/h2-5,7-10,15,21-22H,6,11-14H2,1H3/i1D3. The number of hydrogen-bond acceptors (Lipinski definition) is 2. The van der Waals surface area contributed by atoms with Crippen LogP contribution in [0.25, 0.3) is 21.5 Å². The van der Waals surface area contributed by atoms with Gasteiger partial charge in [0.05, 0.1) is 0 Å². The van der Waals surface area contributed by atoms with Crippen molar-refractivity contribution in [1.29, 1.82) is 0 Å². The number of aryl methyl sites for hydroxylation is 1. The van der Waals surface area contributed by atoms with Gasteiger partial charge in [0, 0.05) is 17.2 Å². The summed E-state index contributed by atoms with van der Waals surface area (Å²) in [6, 6.07) is 19.4. The highest BCUT2D eigenvalue weighted by molar-refractivity contribution is 6.02. The Morgan fingerprint density at radius 3 is 2.23 bits per heavy atom. The molecule has 0 aromatic heterocycles. The van der Waals surface area contributed by atoms with Crippen LogP contribution in [0.15, 0.2) is 54.6 Å². The molecule has 0 spiro atoms. The molecule has 0 atom stereocenters. The Morgan fingerprint density at radius 1 is 0.864 bits per heavy atom. The zero-order valence-corrected chi connectivity index (χ0v) is 12.7. The summed E-state index contributed by atoms with van der Waals surface area (Å²) in [5.74, 6) is 0. The van der Waals surface area contributed by atoms with Gasteiger partial charge in [0.25, 0.3) is 0 Å². The van der Waals surface area contributed by atoms with E-state index in [0.29, 0.717) is 13.1 Å². The monoisotopic (exact) mass is 295 g/mol. The molecule has 2 nitrogen and oxygen atoms in total. The molecule has 22 heavy (non-hydrogen) atoms. The van der Waals surface area contributed by atoms with E-state index in [2.05, 4.69) is 65.2 Å². The zero-order valence-electron chi connectivity index (χ0n) is 15.7. The molecule has 0 fully saturated rings. The van der Waals surface area contributed by atoms with Crippen molar-refractivity contribution in [1.82, 2.24) is 10.6 Å². The van der Waals surface area contributed by atoms with Crippen LogP contribution < -0.4 is 10.6 Å². The van der Waals surface area contributed by atoms with E-state index in [1.165, 1.54) is 27.1 Å². The highest BCUT2D eigenvalue weighted by Gasteiger charge is 2.06. The van der Waals surface area contributed by atoms with E-state index in [1.807, 2.05) is 0 Å². The fraction of sp³-hybridized carbons (Fsp3) is 0.300. The van der Waals surface area contributed by atoms with Gasteiger partial charge in [0.1, 0.15) is 0 Å². The summed E-state index contributed by atoms with van der Waals surface area (Å²) < 4.78 is 21.3. The van der Waals surface area contributed by atoms with Crippen LogP contribution in [0.5, 0.6) is 0 Å². The SMILES string of the molecule is [2H]C([2H])([2H])NCCNCCCc1c2ccccc2cc2ccccc12. The summed E-state index contributed by atoms with van der Waals surface area (Å²) in [7, 11) is 0. The molecule has 3 rings (SSSR count). The molecule has 2 N–H and O–H groups in total. The van der Waals surface area contributed by atoms with Gasteiger partial charge in [0.15, 0.2) is 0 Å². The second kappa shape index (κ2) is 7.39. The van der Waals surface area contributed by atoms with Crippen LogP contribution >= 0.6 is 0 Å². The lowest BCUT2D eigenvalue weighted by Crippen LogP contribution is -2.25. The average Bonchev–Trinajstić information content (AvgIpc) is 2.59. The fourth-order valence-corrected chi connectivity index (χ4v) is 3.04. The molecule has 0 heterocycles. The van der Waals surface area contributed by atoms with Crippen molar-refractivity contribution in [2.24, 2.45) is 0 Å². The van der Waals surface area contributed by atoms with E-state index in [9.17, 15) is 0 Å². The van der Waals surface area contributed by atoms with Gasteiger partial charge in [-0.25, -0.2) is 0 Å². The van der Waals surface area contributed by atoms with Crippen molar-refractivity contribution in [2.75, 3.05) is 26.6 Å². The number of nitrogens with one attached hydrogen (secondary N) is 2. The van der Waals surface area contributed by atoms with Crippen LogP contribution in [0.4, 0.5) is 0 Å². The minimum Gasteiger partial charge on any atom is -0.318 e. The highest BCUT2D eigenvalue weighted by Crippen LogP contribution is 2.29. The van der Waals surface area contributed by atoms with Gasteiger partial charge in [-0.15, -0.1) is 0 Å². The summed E-state index contributed by atoms with van der Waals surface area (Å²) in [5.41, 5.74) is 1.40. The van der Waals surface area contributed by atoms with Crippen molar-refractivity contribution in [3.05, 3.63) is 60.2 Å². The first-order chi connectivity index (χ1) is 12.0. The van der Waals surface area contributed by atoms with Crippen molar-refractivity contribution in [3.8, 4) is 0 Å². The molecule has 3 aromatic carbocycles. The van der Waals surface area contributed by atoms with Crippen LogP contribution in [-0.2, 0) is 6.42 Å². The molecule has 2 heteroatoms. The van der Waals surface area contributed by atoms with Gasteiger partial charge in [-0.3, -0.25) is 0 Å². The molecule has 0 aliphatic heterocycles. The molecule has 3 aromatic rings. The maximum absolute atomic E-state index is 7.11. The number of rotatable bonds is 7. The number of fused-ring (bicyclic) bond motifs is 2. The van der Waals surface area contributed by atoms with E-state index in [-0.39, 0.29) is 0 Å². The van der Waals surface area contributed by atoms with E-state index in [0.717, 1.165) is 19.4 Å². The van der Waals surface area contributed by atoms with Gasteiger partial charge in [-0.05, 0) is 59.5 Å². The number of hydrogen-bond donors (Lipinski definition) is 2. The van der Waals surface area contributed by atoms with Gasteiger partial charge < -0.3 is 10.6 Å². The molecule has 0 aliphatic rings. The van der Waals surface area contributed by atoms with E-state index in [4.69, 9.17) is 4.11 Å². The molecule has 0 unspecified atom stereocenters. The van der Waals surface area contributed by atoms with Crippen LogP contribution in [0, 0.1) is 0 Å². The van der Waals surface area contributed by atoms with Gasteiger partial charge in [0.2, 0.25) is 0 Å². The Kier molecular flexibility index (Phi) is 3.91. The summed E-state index contributed by atoms with van der Waals surface area (Å²) >= 11 is 0. The molecular formula is C20H24N2. The Morgan fingerprint density at radius 2 is 1.55 bits per heavy atom. The first kappa shape index (κ1) is 11.6. The lowest BCUT2D eigenvalue weighted by molar-refractivity contribution is 0.626. The van der Waals surface area contributed by atoms with Crippen molar-refractivity contribution in [2.45, 2.75) is 12.8 Å². The Balaban J connectivity index is 1.64. The van der Waals surface area contributed by atoms with Gasteiger partial charge in [-0.1, -0.05) is 48.5 Å². The molecule has 0 saturated carbocycles. The zero-order chi connectivity index (χ0) is 17.7. The highest BCUT2D eigenvalue weighted by atomic mass is 14.9. The van der Waals surface area contributed by atoms with Crippen molar-refractivity contribution in [3.63, 3.8) is 0 Å². The third-order valence-corrected chi connectivity index (χ3v) is 4.09. The van der Waals surface area contributed by atoms with Crippen LogP contribution in [-0.4, -0.2) is 26.6 Å². The van der Waals surface area contributed by atoms with Crippen LogP contribution in [0.1, 0.15) is 16.1 Å². The minimum absolute atomic E-state index is 0.452. The lowest BCUT2D eigenvalue weighted by atomic mass is 9.94. The van der Waals surface area contributed by atoms with E-state index < -0.39 is 6.98 Å². The lowest BCUT2D eigenvalue weighted by Gasteiger charge is -2.12. The molecule has 0 saturated heterocycles. The molecule has 0 radical (unpaired) electrons. The average molecular weight is 295 g/mol. The number of likely N-dealkylation sites (N-methyl/N-ethyl adjacent to an activating group) is 1. The van der Waals surface area contributed by atoms with Crippen LogP contribution in [0.2, 0.25) is 0 Å². The third kappa shape index (κ3) is 3.29. The van der Waals surface area contributed by atoms with Crippen molar-refractivity contribution >= 4 is 21.5 Å². The van der Waals surface area contributed by atoms with Gasteiger partial charge in [-0.2, -0.15) is 0 Å². The van der Waals surface area contributed by atoms with E-state index in [1.54, 1.807) is 0 Å². The summed E-state index contributed by atoms with van der Waals surface area (Å²) in [4.78, 5) is 0. The second-order valence-electron chi connectivity index (χ2n) is 5.58. The van der Waals surface area contributed by atoms with Crippen LogP contribution in [0.3, 0.4) is 0 Å². The summed E-state index contributed by atoms with van der Waals surface area (Å²) in [6.07, 6.45) is 2.02. The van der Waals surface area contributed by atoms with Crippen molar-refractivity contribution < 1.29 is 4.11 Å². The molecule has 0 aliphatic carbocycles. The summed E-state index contributed by atoms with van der Waals surface area (Å²) in [5, 5.41) is 11.0. The second-order valence-corrected chi connectivity index (χ2v) is 5.58. The molecule has 0 amide bonds. The smallest absolute Gasteiger partial charge is 0.0391 e. The first-order valence-corrected chi connectivity index (χ1v) is 7.90. The third-order valence-electron chi connectivity index (χ3n) is 4.09. The molecular weight excluding hydrogens is 268 g/mol. The normalized spacial score (nSPS) is 13.9. The Hall–Kier alpha value is -1.90. The largest absolute Gasteiger partial charge is 0.318 e. The van der Waals surface area contributed by atoms with Gasteiger partial charge >= 0.3 is 0 Å². The summed E-state index contributed by atoms with van der Waals surface area (Å²) in [6.45, 7) is -0.0633. The fourth-order valence-electron chi connectivity index (χ4n) is 3.04. The number of benzene rings is 3. The minimum atomic E-state index is -2.05. The topological polar surface area (TPSA) is 24.1 Å². The first-order valence-electron chi connectivity index (χ1n) is 9.40. The Bertz CT molecular complexity index is 789. The maximum Gasteiger partial charge on any atom is 0.0391 e. The quantitative estimate of drug-likeness (QED) is 0.512. The van der Waals surface area contributed by atoms with E-state index >= 15 is 0 Å². The maximum atomic E-state index is 7.11. The predicted octanol–water partition coefficient (Wildman–Crippen LogP) is 3.73. The Labute approximate surface area is 136 Å². The molecule has 0 bridgehead atoms. The predicted molar refractivity (Wildman–Crippen MR) is 96.6 cm³/mol.